The molecule has 0 spiro atoms. The van der Waals surface area contributed by atoms with Crippen molar-refractivity contribution in [3.63, 3.8) is 0 Å². The van der Waals surface area contributed by atoms with E-state index < -0.39 is 0 Å². The van der Waals surface area contributed by atoms with Gasteiger partial charge >= 0.3 is 0 Å². The molecule has 1 N–H and O–H groups in total. The monoisotopic (exact) mass is 342 g/mol. The first-order chi connectivity index (χ1) is 9.06. The molecule has 0 saturated carbocycles. The Hall–Kier alpha value is -1.33. The third-order valence-electron chi connectivity index (χ3n) is 2.68. The average molecular weight is 344 g/mol. The lowest BCUT2D eigenvalue weighted by atomic mass is 10.2. The molecule has 2 aromatic rings. The van der Waals surface area contributed by atoms with Crippen molar-refractivity contribution in [3.8, 4) is 0 Å². The predicted molar refractivity (Wildman–Crippen MR) is 75.9 cm³/mol. The van der Waals surface area contributed by atoms with E-state index in [9.17, 15) is 4.79 Å². The topological polar surface area (TPSA) is 55.1 Å². The number of carbonyl (C=O) groups excluding carboxylic acids is 1. The van der Waals surface area contributed by atoms with Crippen LogP contribution in [-0.2, 0) is 17.8 Å². The summed E-state index contributed by atoms with van der Waals surface area (Å²) >= 11 is 9.17. The largest absolute Gasteiger partial charge is 0.352 e. The Morgan fingerprint density at radius 3 is 2.68 bits per heavy atom. The number of aromatic nitrogens is 1. The van der Waals surface area contributed by atoms with Gasteiger partial charge in [0.2, 0.25) is 11.1 Å². The first kappa shape index (κ1) is 14.1. The molecule has 2 rings (SSSR count). The molecule has 0 bridgehead atoms. The zero-order chi connectivity index (χ0) is 13.8. The highest BCUT2D eigenvalue weighted by Gasteiger charge is 2.14. The van der Waals surface area contributed by atoms with Crippen LogP contribution in [0.4, 0.5) is 0 Å². The summed E-state index contributed by atoms with van der Waals surface area (Å²) in [5.41, 5.74) is 2.31. The number of rotatable bonds is 4. The number of aryl methyl sites for hydroxylation is 1. The maximum atomic E-state index is 11.8. The highest BCUT2D eigenvalue weighted by Crippen LogP contribution is 2.19. The molecule has 0 radical (unpaired) electrons. The molecule has 19 heavy (non-hydrogen) atoms. The molecule has 1 aromatic heterocycles. The van der Waals surface area contributed by atoms with Crippen LogP contribution in [0.15, 0.2) is 33.3 Å². The number of hydrogen-bond donors (Lipinski definition) is 1. The predicted octanol–water partition coefficient (Wildman–Crippen LogP) is 3.26. The summed E-state index contributed by atoms with van der Waals surface area (Å²) in [7, 11) is 0. The van der Waals surface area contributed by atoms with E-state index in [0.717, 1.165) is 10.0 Å². The Labute approximate surface area is 124 Å². The number of carbonyl (C=O) groups is 1. The first-order valence-corrected chi connectivity index (χ1v) is 6.85. The van der Waals surface area contributed by atoms with Crippen molar-refractivity contribution >= 4 is 33.4 Å². The lowest BCUT2D eigenvalue weighted by Crippen LogP contribution is -2.24. The average Bonchev–Trinajstić information content (AvgIpc) is 2.70. The van der Waals surface area contributed by atoms with E-state index in [2.05, 4.69) is 26.4 Å². The maximum absolute atomic E-state index is 11.8. The van der Waals surface area contributed by atoms with Gasteiger partial charge in [0, 0.05) is 16.6 Å². The second-order valence-corrected chi connectivity index (χ2v) is 5.36. The fraction of sp³-hybridized carbons (Fsp3) is 0.231. The highest BCUT2D eigenvalue weighted by atomic mass is 79.9. The van der Waals surface area contributed by atoms with Gasteiger partial charge in [0.1, 0.15) is 0 Å². The zero-order valence-corrected chi connectivity index (χ0v) is 12.6. The fourth-order valence-electron chi connectivity index (χ4n) is 1.58. The van der Waals surface area contributed by atoms with Gasteiger partial charge in [-0.3, -0.25) is 4.79 Å². The second kappa shape index (κ2) is 6.21. The molecule has 1 amide bonds. The van der Waals surface area contributed by atoms with E-state index in [-0.39, 0.29) is 17.5 Å². The molecule has 0 aliphatic rings. The van der Waals surface area contributed by atoms with Crippen molar-refractivity contribution in [1.29, 1.82) is 0 Å². The van der Waals surface area contributed by atoms with Crippen molar-refractivity contribution in [1.82, 2.24) is 10.5 Å². The molecular weight excluding hydrogens is 332 g/mol. The van der Waals surface area contributed by atoms with Gasteiger partial charge in [-0.1, -0.05) is 33.2 Å². The van der Waals surface area contributed by atoms with Crippen molar-refractivity contribution < 1.29 is 9.32 Å². The van der Waals surface area contributed by atoms with Crippen LogP contribution in [0.2, 0.25) is 5.22 Å². The molecule has 0 unspecified atom stereocenters. The number of hydrogen-bond acceptors (Lipinski definition) is 3. The summed E-state index contributed by atoms with van der Waals surface area (Å²) in [5.74, 6) is -0.115. The maximum Gasteiger partial charge on any atom is 0.229 e. The second-order valence-electron chi connectivity index (χ2n) is 4.10. The van der Waals surface area contributed by atoms with E-state index in [4.69, 9.17) is 16.1 Å². The van der Waals surface area contributed by atoms with Crippen LogP contribution in [-0.4, -0.2) is 11.1 Å². The van der Waals surface area contributed by atoms with Gasteiger partial charge in [0.15, 0.2) is 0 Å². The molecule has 0 aliphatic heterocycles. The van der Waals surface area contributed by atoms with Crippen LogP contribution in [0.3, 0.4) is 0 Å². The number of halogens is 2. The van der Waals surface area contributed by atoms with Crippen molar-refractivity contribution in [2.24, 2.45) is 0 Å². The van der Waals surface area contributed by atoms with Crippen LogP contribution < -0.4 is 5.32 Å². The first-order valence-electron chi connectivity index (χ1n) is 5.68. The number of benzene rings is 1. The van der Waals surface area contributed by atoms with Crippen LogP contribution in [0, 0.1) is 6.92 Å². The lowest BCUT2D eigenvalue weighted by Gasteiger charge is -2.05. The SMILES string of the molecule is Cc1noc(Cl)c1CC(=O)NCc1ccc(Br)cc1. The van der Waals surface area contributed by atoms with Gasteiger partial charge in [-0.25, -0.2) is 0 Å². The number of nitrogens with one attached hydrogen (secondary N) is 1. The van der Waals surface area contributed by atoms with Gasteiger partial charge in [-0.2, -0.15) is 0 Å². The standard InChI is InChI=1S/C13H12BrClN2O2/c1-8-11(13(15)19-17-8)6-12(18)16-7-9-2-4-10(14)5-3-9/h2-5H,6-7H2,1H3,(H,16,18). The summed E-state index contributed by atoms with van der Waals surface area (Å²) in [6, 6.07) is 7.76. The summed E-state index contributed by atoms with van der Waals surface area (Å²) in [6.07, 6.45) is 0.171. The molecule has 6 heteroatoms. The van der Waals surface area contributed by atoms with E-state index in [1.165, 1.54) is 0 Å². The molecule has 1 heterocycles. The number of amides is 1. The normalized spacial score (nSPS) is 10.5. The minimum absolute atomic E-state index is 0.115. The Morgan fingerprint density at radius 2 is 2.11 bits per heavy atom. The highest BCUT2D eigenvalue weighted by molar-refractivity contribution is 9.10. The van der Waals surface area contributed by atoms with E-state index in [1.807, 2.05) is 24.3 Å². The molecule has 100 valence electrons. The summed E-state index contributed by atoms with van der Waals surface area (Å²) < 4.78 is 5.81. The van der Waals surface area contributed by atoms with Gasteiger partial charge in [-0.05, 0) is 36.2 Å². The molecule has 0 saturated heterocycles. The minimum atomic E-state index is -0.115. The zero-order valence-electron chi connectivity index (χ0n) is 10.2. The molecular formula is C13H12BrClN2O2. The third kappa shape index (κ3) is 3.81. The third-order valence-corrected chi connectivity index (χ3v) is 3.50. The van der Waals surface area contributed by atoms with Crippen LogP contribution >= 0.6 is 27.5 Å². The Balaban J connectivity index is 1.90. The van der Waals surface area contributed by atoms with Gasteiger partial charge in [-0.15, -0.1) is 0 Å². The summed E-state index contributed by atoms with van der Waals surface area (Å²) in [6.45, 7) is 2.24. The van der Waals surface area contributed by atoms with Gasteiger partial charge in [0.25, 0.3) is 0 Å². The van der Waals surface area contributed by atoms with E-state index in [1.54, 1.807) is 6.92 Å². The minimum Gasteiger partial charge on any atom is -0.352 e. The van der Waals surface area contributed by atoms with Crippen LogP contribution in [0.1, 0.15) is 16.8 Å². The van der Waals surface area contributed by atoms with Crippen molar-refractivity contribution in [2.75, 3.05) is 0 Å². The fourth-order valence-corrected chi connectivity index (χ4v) is 2.09. The van der Waals surface area contributed by atoms with E-state index in [0.29, 0.717) is 17.8 Å². The van der Waals surface area contributed by atoms with Crippen molar-refractivity contribution in [3.05, 3.63) is 50.8 Å². The van der Waals surface area contributed by atoms with Crippen LogP contribution in [0.5, 0.6) is 0 Å². The Bertz CT molecular complexity index is 561. The molecule has 0 aliphatic carbocycles. The number of nitrogens with zero attached hydrogens (tertiary/aromatic N) is 1. The summed E-state index contributed by atoms with van der Waals surface area (Å²) in [5, 5.41) is 6.71. The quantitative estimate of drug-likeness (QED) is 0.927. The summed E-state index contributed by atoms with van der Waals surface area (Å²) in [4.78, 5) is 11.8. The van der Waals surface area contributed by atoms with Crippen molar-refractivity contribution in [2.45, 2.75) is 19.9 Å². The molecule has 0 atom stereocenters. The Morgan fingerprint density at radius 1 is 1.42 bits per heavy atom. The molecule has 0 fully saturated rings. The van der Waals surface area contributed by atoms with Gasteiger partial charge < -0.3 is 9.84 Å². The van der Waals surface area contributed by atoms with Gasteiger partial charge in [0.05, 0.1) is 12.1 Å². The van der Waals surface area contributed by atoms with E-state index >= 15 is 0 Å². The lowest BCUT2D eigenvalue weighted by molar-refractivity contribution is -0.120. The Kier molecular flexibility index (Phi) is 4.61. The molecule has 1 aromatic carbocycles. The molecule has 4 nitrogen and oxygen atoms in total. The van der Waals surface area contributed by atoms with Crippen LogP contribution in [0.25, 0.3) is 0 Å². The smallest absolute Gasteiger partial charge is 0.229 e.